The number of nitro benzene ring substituents is 1. The van der Waals surface area contributed by atoms with Crippen molar-refractivity contribution in [1.29, 1.82) is 0 Å². The average molecular weight is 343 g/mol. The van der Waals surface area contributed by atoms with E-state index in [9.17, 15) is 14.9 Å². The molecule has 0 radical (unpaired) electrons. The van der Waals surface area contributed by atoms with Crippen molar-refractivity contribution in [3.63, 3.8) is 0 Å². The van der Waals surface area contributed by atoms with Crippen LogP contribution in [-0.2, 0) is 0 Å². The molecule has 1 aromatic carbocycles. The quantitative estimate of drug-likeness (QED) is 0.371. The van der Waals surface area contributed by atoms with Crippen LogP contribution in [0, 0.1) is 13.7 Å². The highest BCUT2D eigenvalue weighted by Gasteiger charge is 2.20. The molecule has 2 rings (SSSR count). The zero-order chi connectivity index (χ0) is 12.4. The number of benzene rings is 1. The fraction of sp³-hybridized carbons (Fsp3) is 0. The summed E-state index contributed by atoms with van der Waals surface area (Å²) in [6.07, 6.45) is 0.561. The highest BCUT2D eigenvalue weighted by molar-refractivity contribution is 14.1. The van der Waals surface area contributed by atoms with Crippen LogP contribution in [0.25, 0.3) is 11.3 Å². The minimum absolute atomic E-state index is 0.0382. The first kappa shape index (κ1) is 11.8. The maximum atomic E-state index is 10.9. The summed E-state index contributed by atoms with van der Waals surface area (Å²) in [7, 11) is 0. The van der Waals surface area contributed by atoms with E-state index in [2.05, 4.69) is 0 Å². The average Bonchev–Trinajstić information content (AvgIpc) is 2.76. The maximum absolute atomic E-state index is 10.9. The number of carbonyl (C=O) groups excluding carboxylic acids is 1. The summed E-state index contributed by atoms with van der Waals surface area (Å²) >= 11 is 1.99. The van der Waals surface area contributed by atoms with Gasteiger partial charge in [-0.15, -0.1) is 0 Å². The van der Waals surface area contributed by atoms with E-state index in [-0.39, 0.29) is 11.4 Å². The topological polar surface area (TPSA) is 73.3 Å². The lowest BCUT2D eigenvalue weighted by Crippen LogP contribution is -1.93. The van der Waals surface area contributed by atoms with E-state index in [0.717, 1.165) is 0 Å². The Balaban J connectivity index is 2.64. The minimum atomic E-state index is -0.472. The summed E-state index contributed by atoms with van der Waals surface area (Å²) in [6, 6.07) is 7.78. The van der Waals surface area contributed by atoms with E-state index in [0.29, 0.717) is 21.2 Å². The first-order chi connectivity index (χ1) is 8.13. The molecule has 0 aliphatic carbocycles. The molecule has 1 aromatic heterocycles. The van der Waals surface area contributed by atoms with Gasteiger partial charge in [0.15, 0.2) is 12.0 Å². The first-order valence-electron chi connectivity index (χ1n) is 4.62. The molecule has 6 heteroatoms. The fourth-order valence-electron chi connectivity index (χ4n) is 1.46. The lowest BCUT2D eigenvalue weighted by molar-refractivity contribution is -0.384. The van der Waals surface area contributed by atoms with Gasteiger partial charge >= 0.3 is 0 Å². The third kappa shape index (κ3) is 2.21. The highest BCUT2D eigenvalue weighted by Crippen LogP contribution is 2.34. The van der Waals surface area contributed by atoms with Gasteiger partial charge in [-0.3, -0.25) is 14.9 Å². The third-order valence-electron chi connectivity index (χ3n) is 2.18. The Morgan fingerprint density at radius 3 is 2.65 bits per heavy atom. The van der Waals surface area contributed by atoms with E-state index in [1.54, 1.807) is 18.2 Å². The number of rotatable bonds is 3. The van der Waals surface area contributed by atoms with Gasteiger partial charge in [0.25, 0.3) is 5.69 Å². The Labute approximate surface area is 110 Å². The summed E-state index contributed by atoms with van der Waals surface area (Å²) in [6.45, 7) is 0. The lowest BCUT2D eigenvalue weighted by atomic mass is 10.1. The normalized spacial score (nSPS) is 10.2. The molecule has 86 valence electrons. The van der Waals surface area contributed by atoms with Crippen LogP contribution >= 0.6 is 22.6 Å². The standard InChI is InChI=1S/C11H6INO4/c12-8-2-1-3-9(13(15)16)11(8)10-5-4-7(6-14)17-10/h1-6H. The Morgan fingerprint density at radius 1 is 1.29 bits per heavy atom. The van der Waals surface area contributed by atoms with Crippen molar-refractivity contribution < 1.29 is 14.1 Å². The molecule has 0 saturated heterocycles. The smallest absolute Gasteiger partial charge is 0.281 e. The molecule has 17 heavy (non-hydrogen) atoms. The summed E-state index contributed by atoms with van der Waals surface area (Å²) in [4.78, 5) is 21.0. The minimum Gasteiger partial charge on any atom is -0.453 e. The zero-order valence-corrected chi connectivity index (χ0v) is 10.6. The molecule has 0 bridgehead atoms. The molecule has 0 saturated carbocycles. The van der Waals surface area contributed by atoms with Gasteiger partial charge in [-0.2, -0.15) is 0 Å². The molecular weight excluding hydrogens is 337 g/mol. The molecule has 0 N–H and O–H groups in total. The zero-order valence-electron chi connectivity index (χ0n) is 8.42. The number of aldehydes is 1. The first-order valence-corrected chi connectivity index (χ1v) is 5.69. The second kappa shape index (κ2) is 4.66. The molecule has 0 spiro atoms. The summed E-state index contributed by atoms with van der Waals surface area (Å²) in [5, 5.41) is 10.9. The Kier molecular flexibility index (Phi) is 3.23. The summed E-state index contributed by atoms with van der Waals surface area (Å²) < 4.78 is 5.91. The van der Waals surface area contributed by atoms with Crippen LogP contribution in [-0.4, -0.2) is 11.2 Å². The van der Waals surface area contributed by atoms with Crippen molar-refractivity contribution in [3.8, 4) is 11.3 Å². The molecule has 0 amide bonds. The Hall–Kier alpha value is -1.70. The fourth-order valence-corrected chi connectivity index (χ4v) is 2.21. The number of hydrogen-bond donors (Lipinski definition) is 0. The van der Waals surface area contributed by atoms with Gasteiger partial charge in [-0.1, -0.05) is 6.07 Å². The largest absolute Gasteiger partial charge is 0.453 e. The van der Waals surface area contributed by atoms with Crippen molar-refractivity contribution in [1.82, 2.24) is 0 Å². The van der Waals surface area contributed by atoms with Crippen molar-refractivity contribution >= 4 is 34.6 Å². The monoisotopic (exact) mass is 343 g/mol. The summed E-state index contributed by atoms with van der Waals surface area (Å²) in [5.74, 6) is 0.470. The van der Waals surface area contributed by atoms with Gasteiger partial charge < -0.3 is 4.42 Å². The maximum Gasteiger partial charge on any atom is 0.281 e. The van der Waals surface area contributed by atoms with Crippen molar-refractivity contribution in [2.45, 2.75) is 0 Å². The number of hydrogen-bond acceptors (Lipinski definition) is 4. The van der Waals surface area contributed by atoms with Crippen molar-refractivity contribution in [3.05, 3.63) is 49.8 Å². The molecule has 0 unspecified atom stereocenters. The van der Waals surface area contributed by atoms with Crippen LogP contribution in [0.5, 0.6) is 0 Å². The van der Waals surface area contributed by atoms with Gasteiger partial charge in [0.05, 0.1) is 4.92 Å². The van der Waals surface area contributed by atoms with Crippen molar-refractivity contribution in [2.75, 3.05) is 0 Å². The van der Waals surface area contributed by atoms with Crippen LogP contribution in [0.4, 0.5) is 5.69 Å². The van der Waals surface area contributed by atoms with Crippen LogP contribution in [0.15, 0.2) is 34.7 Å². The van der Waals surface area contributed by atoms with E-state index in [1.165, 1.54) is 12.1 Å². The number of nitro groups is 1. The highest BCUT2D eigenvalue weighted by atomic mass is 127. The lowest BCUT2D eigenvalue weighted by Gasteiger charge is -2.02. The van der Waals surface area contributed by atoms with E-state index in [4.69, 9.17) is 4.42 Å². The predicted molar refractivity (Wildman–Crippen MR) is 68.9 cm³/mol. The molecule has 0 atom stereocenters. The van der Waals surface area contributed by atoms with Crippen LogP contribution in [0.2, 0.25) is 0 Å². The van der Waals surface area contributed by atoms with E-state index in [1.807, 2.05) is 22.6 Å². The number of carbonyl (C=O) groups is 1. The number of nitrogens with zero attached hydrogens (tertiary/aromatic N) is 1. The SMILES string of the molecule is O=Cc1ccc(-c2c(I)cccc2[N+](=O)[O-])o1. The molecule has 1 heterocycles. The van der Waals surface area contributed by atoms with Gasteiger partial charge in [0, 0.05) is 9.64 Å². The van der Waals surface area contributed by atoms with Gasteiger partial charge in [-0.05, 0) is 40.8 Å². The molecule has 0 fully saturated rings. The molecular formula is C11H6INO4. The predicted octanol–water partition coefficient (Wildman–Crippen LogP) is 3.27. The third-order valence-corrected chi connectivity index (χ3v) is 3.08. The van der Waals surface area contributed by atoms with Crippen molar-refractivity contribution in [2.24, 2.45) is 0 Å². The molecule has 5 nitrogen and oxygen atoms in total. The van der Waals surface area contributed by atoms with Crippen LogP contribution in [0.3, 0.4) is 0 Å². The second-order valence-electron chi connectivity index (χ2n) is 3.21. The molecule has 2 aromatic rings. The van der Waals surface area contributed by atoms with Gasteiger partial charge in [0.1, 0.15) is 11.3 Å². The van der Waals surface area contributed by atoms with Crippen LogP contribution < -0.4 is 0 Å². The van der Waals surface area contributed by atoms with Gasteiger partial charge in [-0.25, -0.2) is 0 Å². The van der Waals surface area contributed by atoms with Gasteiger partial charge in [0.2, 0.25) is 0 Å². The molecule has 0 aliphatic heterocycles. The van der Waals surface area contributed by atoms with Crippen LogP contribution in [0.1, 0.15) is 10.6 Å². The van der Waals surface area contributed by atoms with E-state index < -0.39 is 4.92 Å². The number of halogens is 1. The Bertz CT molecular complexity index is 591. The Morgan fingerprint density at radius 2 is 2.06 bits per heavy atom. The second-order valence-corrected chi connectivity index (χ2v) is 4.37. The molecule has 0 aliphatic rings. The summed E-state index contributed by atoms with van der Waals surface area (Å²) in [5.41, 5.74) is 0.356. The number of furan rings is 1. The van der Waals surface area contributed by atoms with E-state index >= 15 is 0 Å².